The van der Waals surface area contributed by atoms with Crippen molar-refractivity contribution < 1.29 is 14.3 Å². The summed E-state index contributed by atoms with van der Waals surface area (Å²) in [6.07, 6.45) is 4.50. The van der Waals surface area contributed by atoms with Crippen molar-refractivity contribution in [2.75, 3.05) is 25.5 Å². The first-order valence-electron chi connectivity index (χ1n) is 11.9. The average molecular weight is 503 g/mol. The maximum Gasteiger partial charge on any atom is 0.337 e. The molecule has 2 amide bonds. The number of ether oxygens (including phenoxy) is 1. The van der Waals surface area contributed by atoms with E-state index in [2.05, 4.69) is 15.3 Å². The van der Waals surface area contributed by atoms with Crippen LogP contribution >= 0.6 is 0 Å². The second kappa shape index (κ2) is 9.76. The second-order valence-electron chi connectivity index (χ2n) is 8.95. The van der Waals surface area contributed by atoms with Crippen molar-refractivity contribution in [3.63, 3.8) is 0 Å². The van der Waals surface area contributed by atoms with E-state index in [1.807, 2.05) is 6.07 Å². The zero-order valence-electron chi connectivity index (χ0n) is 20.4. The van der Waals surface area contributed by atoms with Gasteiger partial charge in [0, 0.05) is 44.1 Å². The van der Waals surface area contributed by atoms with E-state index < -0.39 is 5.97 Å². The molecule has 190 valence electrons. The number of benzene rings is 1. The molecule has 1 saturated heterocycles. The van der Waals surface area contributed by atoms with Crippen molar-refractivity contribution in [1.29, 1.82) is 0 Å². The Labute approximate surface area is 211 Å². The Morgan fingerprint density at radius 3 is 2.51 bits per heavy atom. The number of methoxy groups -OCH3 is 1. The van der Waals surface area contributed by atoms with Gasteiger partial charge >= 0.3 is 17.7 Å². The number of carbonyl (C=O) groups is 2. The lowest BCUT2D eigenvalue weighted by molar-refractivity contribution is 0.0600. The Balaban J connectivity index is 1.30. The third kappa shape index (κ3) is 4.63. The average Bonchev–Trinajstić information content (AvgIpc) is 3.26. The monoisotopic (exact) mass is 502 g/mol. The van der Waals surface area contributed by atoms with Gasteiger partial charge in [0.1, 0.15) is 5.69 Å². The Bertz CT molecular complexity index is 1590. The minimum atomic E-state index is -0.435. The number of hydrogen-bond donors (Lipinski definition) is 2. The van der Waals surface area contributed by atoms with Crippen LogP contribution in [0.3, 0.4) is 0 Å². The van der Waals surface area contributed by atoms with Gasteiger partial charge in [-0.15, -0.1) is 0 Å². The van der Waals surface area contributed by atoms with Crippen LogP contribution in [0.5, 0.6) is 0 Å². The third-order valence-corrected chi connectivity index (χ3v) is 6.67. The third-order valence-electron chi connectivity index (χ3n) is 6.67. The molecular weight excluding hydrogens is 476 g/mol. The molecule has 1 aliphatic heterocycles. The molecule has 0 radical (unpaired) electrons. The first kappa shape index (κ1) is 24.0. The number of fused-ring (bicyclic) bond motifs is 1. The summed E-state index contributed by atoms with van der Waals surface area (Å²) in [6.45, 7) is 0.871. The number of aromatic nitrogens is 4. The van der Waals surface area contributed by atoms with E-state index in [-0.39, 0.29) is 29.0 Å². The molecule has 0 spiro atoms. The van der Waals surface area contributed by atoms with Gasteiger partial charge in [-0.1, -0.05) is 12.1 Å². The molecular formula is C26H26N6O5. The second-order valence-corrected chi connectivity index (χ2v) is 8.95. The highest BCUT2D eigenvalue weighted by Crippen LogP contribution is 2.25. The van der Waals surface area contributed by atoms with Gasteiger partial charge in [0.05, 0.1) is 18.2 Å². The highest BCUT2D eigenvalue weighted by Gasteiger charge is 2.27. The van der Waals surface area contributed by atoms with Crippen LogP contribution in [0, 0.1) is 0 Å². The van der Waals surface area contributed by atoms with Crippen LogP contribution < -0.4 is 16.6 Å². The molecule has 4 heterocycles. The number of esters is 1. The summed E-state index contributed by atoms with van der Waals surface area (Å²) in [5, 5.41) is 2.76. The largest absolute Gasteiger partial charge is 0.465 e. The molecule has 37 heavy (non-hydrogen) atoms. The van der Waals surface area contributed by atoms with Gasteiger partial charge in [-0.25, -0.2) is 19.4 Å². The number of carbonyl (C=O) groups excluding carboxylic acids is 2. The Hall–Kier alpha value is -4.67. The van der Waals surface area contributed by atoms with E-state index in [4.69, 9.17) is 4.74 Å². The van der Waals surface area contributed by atoms with Gasteiger partial charge in [-0.3, -0.25) is 14.3 Å². The number of pyridine rings is 2. The van der Waals surface area contributed by atoms with Gasteiger partial charge in [0.2, 0.25) is 0 Å². The van der Waals surface area contributed by atoms with Crippen LogP contribution in [-0.4, -0.2) is 56.2 Å². The minimum Gasteiger partial charge on any atom is -0.465 e. The lowest BCUT2D eigenvalue weighted by Crippen LogP contribution is -2.43. The minimum absolute atomic E-state index is 0.0568. The first-order valence-corrected chi connectivity index (χ1v) is 11.9. The number of amides is 2. The zero-order chi connectivity index (χ0) is 26.1. The Morgan fingerprint density at radius 1 is 1.08 bits per heavy atom. The van der Waals surface area contributed by atoms with E-state index in [0.29, 0.717) is 42.7 Å². The van der Waals surface area contributed by atoms with Crippen LogP contribution in [0.15, 0.2) is 64.4 Å². The molecule has 1 aromatic carbocycles. The molecule has 4 aromatic rings. The van der Waals surface area contributed by atoms with E-state index >= 15 is 0 Å². The van der Waals surface area contributed by atoms with Crippen molar-refractivity contribution in [1.82, 2.24) is 24.0 Å². The Kier molecular flexibility index (Phi) is 6.34. The van der Waals surface area contributed by atoms with Gasteiger partial charge in [0.15, 0.2) is 5.65 Å². The van der Waals surface area contributed by atoms with Crippen LogP contribution in [0.1, 0.15) is 29.2 Å². The first-order chi connectivity index (χ1) is 17.9. The number of H-pyrrole nitrogens is 1. The van der Waals surface area contributed by atoms with Crippen LogP contribution in [-0.2, 0) is 11.8 Å². The van der Waals surface area contributed by atoms with E-state index in [1.54, 1.807) is 65.3 Å². The van der Waals surface area contributed by atoms with Crippen molar-refractivity contribution in [2.45, 2.75) is 18.9 Å². The topological polar surface area (TPSA) is 131 Å². The predicted molar refractivity (Wildman–Crippen MR) is 138 cm³/mol. The summed E-state index contributed by atoms with van der Waals surface area (Å²) >= 11 is 0. The number of nitrogens with one attached hydrogen (secondary N) is 2. The quantitative estimate of drug-likeness (QED) is 0.413. The molecule has 3 aromatic heterocycles. The molecule has 0 unspecified atom stereocenters. The van der Waals surface area contributed by atoms with Crippen LogP contribution in [0.25, 0.3) is 22.3 Å². The number of anilines is 1. The number of aromatic amines is 1. The molecule has 0 atom stereocenters. The molecule has 0 aliphatic carbocycles. The number of imidazole rings is 1. The number of hydrogen-bond acceptors (Lipinski definition) is 6. The molecule has 11 nitrogen and oxygen atoms in total. The van der Waals surface area contributed by atoms with E-state index in [9.17, 15) is 19.2 Å². The van der Waals surface area contributed by atoms with Gasteiger partial charge < -0.3 is 19.5 Å². The van der Waals surface area contributed by atoms with Gasteiger partial charge in [0.25, 0.3) is 5.56 Å². The molecule has 0 saturated carbocycles. The van der Waals surface area contributed by atoms with Crippen molar-refractivity contribution in [2.24, 2.45) is 7.05 Å². The molecule has 1 fully saturated rings. The summed E-state index contributed by atoms with van der Waals surface area (Å²) in [6, 6.07) is 11.6. The smallest absolute Gasteiger partial charge is 0.337 e. The highest BCUT2D eigenvalue weighted by molar-refractivity contribution is 5.91. The summed E-state index contributed by atoms with van der Waals surface area (Å²) in [5.41, 5.74) is 2.80. The number of piperidine rings is 1. The van der Waals surface area contributed by atoms with Crippen molar-refractivity contribution in [3.8, 4) is 11.1 Å². The maximum absolute atomic E-state index is 13.0. The summed E-state index contributed by atoms with van der Waals surface area (Å²) in [5.74, 6) is -0.435. The predicted octanol–water partition coefficient (Wildman–Crippen LogP) is 2.75. The van der Waals surface area contributed by atoms with Crippen molar-refractivity contribution in [3.05, 3.63) is 81.3 Å². The molecule has 11 heteroatoms. The fourth-order valence-electron chi connectivity index (χ4n) is 4.72. The fraction of sp³-hybridized carbons (Fsp3) is 0.269. The zero-order valence-corrected chi connectivity index (χ0v) is 20.4. The number of rotatable bonds is 4. The summed E-state index contributed by atoms with van der Waals surface area (Å²) < 4.78 is 7.85. The number of urea groups is 1. The molecule has 5 rings (SSSR count). The maximum atomic E-state index is 13.0. The summed E-state index contributed by atoms with van der Waals surface area (Å²) in [7, 11) is 2.93. The fourth-order valence-corrected chi connectivity index (χ4v) is 4.72. The summed E-state index contributed by atoms with van der Waals surface area (Å²) in [4.78, 5) is 58.6. The lowest BCUT2D eigenvalue weighted by Gasteiger charge is -2.32. The number of likely N-dealkylation sites (tertiary alicyclic amines) is 1. The lowest BCUT2D eigenvalue weighted by atomic mass is 10.0. The van der Waals surface area contributed by atoms with Crippen LogP contribution in [0.2, 0.25) is 0 Å². The Morgan fingerprint density at radius 2 is 1.81 bits per heavy atom. The van der Waals surface area contributed by atoms with Gasteiger partial charge in [-0.05, 0) is 48.7 Å². The highest BCUT2D eigenvalue weighted by atomic mass is 16.5. The van der Waals surface area contributed by atoms with E-state index in [1.165, 1.54) is 11.7 Å². The van der Waals surface area contributed by atoms with Crippen LogP contribution in [0.4, 0.5) is 10.5 Å². The number of nitrogens with zero attached hydrogens (tertiary/aromatic N) is 4. The van der Waals surface area contributed by atoms with E-state index in [0.717, 1.165) is 11.1 Å². The van der Waals surface area contributed by atoms with Crippen molar-refractivity contribution >= 4 is 28.9 Å². The number of aryl methyl sites for hydroxylation is 1. The normalized spacial score (nSPS) is 14.1. The molecule has 0 bridgehead atoms. The molecule has 1 aliphatic rings. The molecule has 2 N–H and O–H groups in total. The SMILES string of the molecule is COC(=O)c1ccc(-c2cc(NC(=O)N3CCC(n4c(=O)[nH]c5ncccc54)CC3)c(=O)n(C)c2)cc1. The standard InChI is InChI=1S/C26H26N6O5/c1-30-15-18(16-5-7-17(8-6-16)24(34)37-2)14-20(23(30)33)28-25(35)31-12-9-19(10-13-31)32-21-4-3-11-27-22(21)29-26(32)36/h3-8,11,14-15,19H,9-10,12-13H2,1-2H3,(H,28,35)(H,27,29,36). The van der Waals surface area contributed by atoms with Gasteiger partial charge in [-0.2, -0.15) is 0 Å².